The standard InChI is InChI=1S/C16H16ClNO2/c17-14-9-7-12(8-10-14)15-6-3-11-18(15)20-16(19)13-4-1-2-5-13/h3,6-11,13H,1-2,4-5H2. The fraction of sp³-hybridized carbons (Fsp3) is 0.312. The van der Waals surface area contributed by atoms with E-state index < -0.39 is 0 Å². The molecular formula is C16H16ClNO2. The summed E-state index contributed by atoms with van der Waals surface area (Å²) >= 11 is 5.89. The normalized spacial score (nSPS) is 15.4. The summed E-state index contributed by atoms with van der Waals surface area (Å²) in [4.78, 5) is 17.6. The van der Waals surface area contributed by atoms with Crippen molar-refractivity contribution in [1.29, 1.82) is 0 Å². The van der Waals surface area contributed by atoms with Gasteiger partial charge >= 0.3 is 5.97 Å². The molecule has 0 atom stereocenters. The lowest BCUT2D eigenvalue weighted by atomic mass is 10.1. The van der Waals surface area contributed by atoms with E-state index in [0.29, 0.717) is 5.02 Å². The van der Waals surface area contributed by atoms with E-state index in [0.717, 1.165) is 36.9 Å². The monoisotopic (exact) mass is 289 g/mol. The zero-order valence-corrected chi connectivity index (χ0v) is 11.8. The number of nitrogens with zero attached hydrogens (tertiary/aromatic N) is 1. The van der Waals surface area contributed by atoms with E-state index in [4.69, 9.17) is 16.4 Å². The number of benzene rings is 1. The quantitative estimate of drug-likeness (QED) is 0.856. The second-order valence-electron chi connectivity index (χ2n) is 5.12. The van der Waals surface area contributed by atoms with E-state index in [1.807, 2.05) is 36.4 Å². The average Bonchev–Trinajstić information content (AvgIpc) is 3.10. The highest BCUT2D eigenvalue weighted by Gasteiger charge is 2.25. The van der Waals surface area contributed by atoms with Gasteiger partial charge in [0, 0.05) is 16.8 Å². The summed E-state index contributed by atoms with van der Waals surface area (Å²) in [7, 11) is 0. The Labute approximate surface area is 123 Å². The molecule has 0 spiro atoms. The maximum Gasteiger partial charge on any atom is 0.335 e. The largest absolute Gasteiger partial charge is 0.336 e. The van der Waals surface area contributed by atoms with Crippen molar-refractivity contribution in [1.82, 2.24) is 4.73 Å². The number of rotatable bonds is 3. The summed E-state index contributed by atoms with van der Waals surface area (Å²) in [5.74, 6) is -0.0793. The minimum atomic E-state index is -0.131. The van der Waals surface area contributed by atoms with Gasteiger partial charge < -0.3 is 4.84 Å². The lowest BCUT2D eigenvalue weighted by Crippen LogP contribution is -2.25. The van der Waals surface area contributed by atoms with Gasteiger partial charge in [-0.25, -0.2) is 4.79 Å². The third kappa shape index (κ3) is 2.73. The smallest absolute Gasteiger partial charge is 0.335 e. The molecule has 1 fully saturated rings. The second kappa shape index (κ2) is 5.71. The maximum absolute atomic E-state index is 12.1. The first-order valence-corrected chi connectivity index (χ1v) is 7.27. The molecule has 1 heterocycles. The Morgan fingerprint density at radius 2 is 1.85 bits per heavy atom. The van der Waals surface area contributed by atoms with Crippen LogP contribution in [-0.2, 0) is 4.79 Å². The number of hydrogen-bond acceptors (Lipinski definition) is 2. The van der Waals surface area contributed by atoms with Gasteiger partial charge in [0.05, 0.1) is 11.6 Å². The van der Waals surface area contributed by atoms with Crippen LogP contribution >= 0.6 is 11.6 Å². The Bertz CT molecular complexity index is 597. The molecule has 0 amide bonds. The van der Waals surface area contributed by atoms with E-state index in [9.17, 15) is 4.79 Å². The molecule has 104 valence electrons. The molecule has 0 N–H and O–H groups in total. The lowest BCUT2D eigenvalue weighted by molar-refractivity contribution is -0.148. The molecule has 3 nitrogen and oxygen atoms in total. The van der Waals surface area contributed by atoms with Gasteiger partial charge in [0.15, 0.2) is 0 Å². The first-order valence-electron chi connectivity index (χ1n) is 6.89. The predicted molar refractivity (Wildman–Crippen MR) is 78.4 cm³/mol. The zero-order valence-electron chi connectivity index (χ0n) is 11.1. The minimum Gasteiger partial charge on any atom is -0.336 e. The fourth-order valence-electron chi connectivity index (χ4n) is 2.62. The SMILES string of the molecule is O=C(On1cccc1-c1ccc(Cl)cc1)C1CCCC1. The van der Waals surface area contributed by atoms with E-state index in [1.165, 1.54) is 0 Å². The molecule has 1 aliphatic carbocycles. The minimum absolute atomic E-state index is 0.0514. The first-order chi connectivity index (χ1) is 9.74. The molecule has 3 rings (SSSR count). The van der Waals surface area contributed by atoms with Gasteiger partial charge in [0.1, 0.15) is 0 Å². The van der Waals surface area contributed by atoms with Crippen molar-refractivity contribution in [3.63, 3.8) is 0 Å². The number of carbonyl (C=O) groups is 1. The fourth-order valence-corrected chi connectivity index (χ4v) is 2.75. The van der Waals surface area contributed by atoms with E-state index >= 15 is 0 Å². The summed E-state index contributed by atoms with van der Waals surface area (Å²) in [6, 6.07) is 11.3. The molecule has 0 unspecified atom stereocenters. The Hall–Kier alpha value is -1.74. The summed E-state index contributed by atoms with van der Waals surface area (Å²) < 4.78 is 1.55. The number of hydrogen-bond donors (Lipinski definition) is 0. The van der Waals surface area contributed by atoms with Crippen LogP contribution in [0.5, 0.6) is 0 Å². The molecule has 20 heavy (non-hydrogen) atoms. The van der Waals surface area contributed by atoms with Crippen LogP contribution in [-0.4, -0.2) is 10.7 Å². The van der Waals surface area contributed by atoms with Crippen LogP contribution in [0.2, 0.25) is 5.02 Å². The van der Waals surface area contributed by atoms with Crippen LogP contribution in [0.25, 0.3) is 11.3 Å². The molecular weight excluding hydrogens is 274 g/mol. The van der Waals surface area contributed by atoms with Crippen LogP contribution in [0.1, 0.15) is 25.7 Å². The summed E-state index contributed by atoms with van der Waals surface area (Å²) in [6.45, 7) is 0. The first kappa shape index (κ1) is 13.3. The number of carbonyl (C=O) groups excluding carboxylic acids is 1. The Kier molecular flexibility index (Phi) is 3.79. The van der Waals surface area contributed by atoms with Crippen molar-refractivity contribution in [2.24, 2.45) is 5.92 Å². The molecule has 4 heteroatoms. The molecule has 0 aliphatic heterocycles. The third-order valence-electron chi connectivity index (χ3n) is 3.73. The highest BCUT2D eigenvalue weighted by Crippen LogP contribution is 2.26. The third-order valence-corrected chi connectivity index (χ3v) is 3.98. The van der Waals surface area contributed by atoms with E-state index in [2.05, 4.69) is 0 Å². The van der Waals surface area contributed by atoms with Crippen LogP contribution in [0.3, 0.4) is 0 Å². The average molecular weight is 290 g/mol. The molecule has 1 saturated carbocycles. The van der Waals surface area contributed by atoms with Crippen LogP contribution < -0.4 is 4.84 Å². The van der Waals surface area contributed by atoms with Gasteiger partial charge in [-0.1, -0.05) is 36.6 Å². The lowest BCUT2D eigenvalue weighted by Gasteiger charge is -2.12. The van der Waals surface area contributed by atoms with Crippen molar-refractivity contribution in [2.45, 2.75) is 25.7 Å². The zero-order chi connectivity index (χ0) is 13.9. The van der Waals surface area contributed by atoms with E-state index in [-0.39, 0.29) is 11.9 Å². The van der Waals surface area contributed by atoms with Crippen LogP contribution in [0.4, 0.5) is 0 Å². The van der Waals surface area contributed by atoms with Crippen LogP contribution in [0, 0.1) is 5.92 Å². The van der Waals surface area contributed by atoms with Crippen molar-refractivity contribution in [3.05, 3.63) is 47.6 Å². The van der Waals surface area contributed by atoms with Gasteiger partial charge in [0.2, 0.25) is 0 Å². The Morgan fingerprint density at radius 1 is 1.15 bits per heavy atom. The molecule has 0 radical (unpaired) electrons. The van der Waals surface area contributed by atoms with Gasteiger partial charge in [-0.2, -0.15) is 4.73 Å². The van der Waals surface area contributed by atoms with Gasteiger partial charge in [-0.3, -0.25) is 0 Å². The molecule has 1 aliphatic rings. The molecule has 2 aromatic rings. The number of aromatic nitrogens is 1. The highest BCUT2D eigenvalue weighted by atomic mass is 35.5. The van der Waals surface area contributed by atoms with Gasteiger partial charge in [-0.15, -0.1) is 0 Å². The summed E-state index contributed by atoms with van der Waals surface area (Å²) in [5, 5.41) is 0.690. The number of halogens is 1. The summed E-state index contributed by atoms with van der Waals surface area (Å²) in [5.41, 5.74) is 1.83. The van der Waals surface area contributed by atoms with E-state index in [1.54, 1.807) is 10.9 Å². The van der Waals surface area contributed by atoms with Crippen molar-refractivity contribution in [2.75, 3.05) is 0 Å². The van der Waals surface area contributed by atoms with Crippen LogP contribution in [0.15, 0.2) is 42.6 Å². The molecule has 1 aromatic carbocycles. The second-order valence-corrected chi connectivity index (χ2v) is 5.55. The summed E-state index contributed by atoms with van der Waals surface area (Å²) in [6.07, 6.45) is 5.88. The maximum atomic E-state index is 12.1. The predicted octanol–water partition coefficient (Wildman–Crippen LogP) is 3.95. The van der Waals surface area contributed by atoms with Gasteiger partial charge in [0.25, 0.3) is 0 Å². The van der Waals surface area contributed by atoms with Crippen molar-refractivity contribution >= 4 is 17.6 Å². The Balaban J connectivity index is 1.79. The molecule has 0 bridgehead atoms. The van der Waals surface area contributed by atoms with Crippen molar-refractivity contribution in [3.8, 4) is 11.3 Å². The Morgan fingerprint density at radius 3 is 2.55 bits per heavy atom. The van der Waals surface area contributed by atoms with Gasteiger partial charge in [-0.05, 0) is 37.1 Å². The highest BCUT2D eigenvalue weighted by molar-refractivity contribution is 6.30. The van der Waals surface area contributed by atoms with Crippen molar-refractivity contribution < 1.29 is 9.63 Å². The molecule has 0 saturated heterocycles. The molecule has 1 aromatic heterocycles. The topological polar surface area (TPSA) is 31.2 Å².